The van der Waals surface area contributed by atoms with Crippen LogP contribution in [0.5, 0.6) is 0 Å². The second-order valence-corrected chi connectivity index (χ2v) is 7.89. The number of benzene rings is 2. The number of carbonyl (C=O) groups excluding carboxylic acids is 1. The second-order valence-electron chi connectivity index (χ2n) is 7.89. The number of halogens is 2. The lowest BCUT2D eigenvalue weighted by molar-refractivity contribution is 0.102. The Morgan fingerprint density at radius 1 is 1.03 bits per heavy atom. The van der Waals surface area contributed by atoms with E-state index in [0.29, 0.717) is 23.5 Å². The molecule has 9 heteroatoms. The van der Waals surface area contributed by atoms with E-state index in [2.05, 4.69) is 20.5 Å². The molecule has 2 aromatic carbocycles. The lowest BCUT2D eigenvalue weighted by Gasteiger charge is -2.08. The number of carbonyl (C=O) groups is 1. The number of amides is 1. The number of fused-ring (bicyclic) bond motifs is 1. The van der Waals surface area contributed by atoms with Crippen LogP contribution in [0.25, 0.3) is 16.9 Å². The average molecular weight is 458 g/mol. The van der Waals surface area contributed by atoms with Crippen LogP contribution in [0, 0.1) is 6.92 Å². The van der Waals surface area contributed by atoms with Crippen LogP contribution in [-0.4, -0.2) is 30.3 Å². The highest BCUT2D eigenvalue weighted by atomic mass is 19.3. The largest absolute Gasteiger partial charge is 0.319 e. The maximum Gasteiger partial charge on any atom is 0.280 e. The molecule has 170 valence electrons. The highest BCUT2D eigenvalue weighted by Gasteiger charge is 2.22. The number of hydrogen-bond acceptors (Lipinski definition) is 4. The first-order chi connectivity index (χ1) is 16.5. The van der Waals surface area contributed by atoms with Gasteiger partial charge in [0.25, 0.3) is 12.3 Å². The fourth-order valence-corrected chi connectivity index (χ4v) is 3.65. The first kappa shape index (κ1) is 21.4. The monoisotopic (exact) mass is 458 g/mol. The Labute approximate surface area is 193 Å². The van der Waals surface area contributed by atoms with Gasteiger partial charge in [-0.3, -0.25) is 9.48 Å². The molecule has 0 radical (unpaired) electrons. The molecular formula is C25H20F2N6O. The molecule has 0 unspecified atom stereocenters. The van der Waals surface area contributed by atoms with Gasteiger partial charge in [0.15, 0.2) is 5.65 Å². The molecule has 7 nitrogen and oxygen atoms in total. The van der Waals surface area contributed by atoms with E-state index in [1.54, 1.807) is 35.1 Å². The van der Waals surface area contributed by atoms with Gasteiger partial charge in [-0.1, -0.05) is 60.2 Å². The quantitative estimate of drug-likeness (QED) is 0.382. The van der Waals surface area contributed by atoms with Gasteiger partial charge >= 0.3 is 0 Å². The molecule has 0 spiro atoms. The SMILES string of the molecule is Cc1ccc(Cn2cc(NC(=O)c3cnn4c(C(F)F)cc(-c5ccccc5)nc34)cn2)cc1. The summed E-state index contributed by atoms with van der Waals surface area (Å²) >= 11 is 0. The summed E-state index contributed by atoms with van der Waals surface area (Å²) in [5.74, 6) is -0.511. The average Bonchev–Trinajstić information content (AvgIpc) is 3.47. The van der Waals surface area contributed by atoms with Crippen molar-refractivity contribution in [2.45, 2.75) is 19.9 Å². The normalized spacial score (nSPS) is 11.3. The molecule has 3 aromatic heterocycles. The number of aromatic nitrogens is 5. The van der Waals surface area contributed by atoms with Gasteiger partial charge in [0.2, 0.25) is 0 Å². The summed E-state index contributed by atoms with van der Waals surface area (Å²) in [4.78, 5) is 17.5. The lowest BCUT2D eigenvalue weighted by Crippen LogP contribution is -2.12. The molecule has 1 N–H and O–H groups in total. The van der Waals surface area contributed by atoms with Crippen molar-refractivity contribution in [3.63, 3.8) is 0 Å². The van der Waals surface area contributed by atoms with Gasteiger partial charge in [-0.25, -0.2) is 18.3 Å². The fourth-order valence-electron chi connectivity index (χ4n) is 3.65. The number of hydrogen-bond donors (Lipinski definition) is 1. The van der Waals surface area contributed by atoms with Crippen molar-refractivity contribution in [2.75, 3.05) is 5.32 Å². The number of nitrogens with one attached hydrogen (secondary N) is 1. The third-order valence-corrected chi connectivity index (χ3v) is 5.39. The highest BCUT2D eigenvalue weighted by Crippen LogP contribution is 2.27. The Morgan fingerprint density at radius 2 is 1.79 bits per heavy atom. The van der Waals surface area contributed by atoms with E-state index in [1.807, 2.05) is 37.3 Å². The van der Waals surface area contributed by atoms with Crippen molar-refractivity contribution in [2.24, 2.45) is 0 Å². The van der Waals surface area contributed by atoms with E-state index < -0.39 is 12.3 Å². The first-order valence-electron chi connectivity index (χ1n) is 10.6. The third-order valence-electron chi connectivity index (χ3n) is 5.39. The number of anilines is 1. The van der Waals surface area contributed by atoms with Crippen molar-refractivity contribution in [1.29, 1.82) is 0 Å². The molecule has 0 aliphatic heterocycles. The zero-order valence-corrected chi connectivity index (χ0v) is 18.2. The van der Waals surface area contributed by atoms with Crippen LogP contribution in [0.2, 0.25) is 0 Å². The minimum Gasteiger partial charge on any atom is -0.319 e. The predicted octanol–water partition coefficient (Wildman–Crippen LogP) is 5.14. The second kappa shape index (κ2) is 8.86. The third kappa shape index (κ3) is 4.27. The molecule has 1 amide bonds. The van der Waals surface area contributed by atoms with Crippen molar-refractivity contribution in [3.05, 3.63) is 102 Å². The highest BCUT2D eigenvalue weighted by molar-refractivity contribution is 6.08. The summed E-state index contributed by atoms with van der Waals surface area (Å²) in [7, 11) is 0. The zero-order chi connectivity index (χ0) is 23.7. The van der Waals surface area contributed by atoms with Crippen LogP contribution in [0.3, 0.4) is 0 Å². The molecule has 0 bridgehead atoms. The minimum absolute atomic E-state index is 0.0567. The molecule has 0 saturated heterocycles. The van der Waals surface area contributed by atoms with E-state index in [4.69, 9.17) is 0 Å². The summed E-state index contributed by atoms with van der Waals surface area (Å²) in [6.45, 7) is 2.57. The van der Waals surface area contributed by atoms with E-state index in [0.717, 1.165) is 10.1 Å². The van der Waals surface area contributed by atoms with Crippen LogP contribution in [-0.2, 0) is 6.54 Å². The van der Waals surface area contributed by atoms with E-state index >= 15 is 0 Å². The summed E-state index contributed by atoms with van der Waals surface area (Å²) in [6.07, 6.45) is 1.70. The molecule has 5 rings (SSSR count). The van der Waals surface area contributed by atoms with Gasteiger partial charge in [-0.15, -0.1) is 0 Å². The maximum absolute atomic E-state index is 13.8. The summed E-state index contributed by atoms with van der Waals surface area (Å²) in [5, 5.41) is 11.0. The van der Waals surface area contributed by atoms with Crippen LogP contribution < -0.4 is 5.32 Å². The number of rotatable bonds is 6. The minimum atomic E-state index is -2.79. The fraction of sp³-hybridized carbons (Fsp3) is 0.120. The Hall–Kier alpha value is -4.40. The van der Waals surface area contributed by atoms with Gasteiger partial charge in [0.05, 0.1) is 30.3 Å². The molecule has 34 heavy (non-hydrogen) atoms. The molecule has 0 atom stereocenters. The van der Waals surface area contributed by atoms with E-state index in [-0.39, 0.29) is 16.9 Å². The first-order valence-corrected chi connectivity index (χ1v) is 10.6. The van der Waals surface area contributed by atoms with Crippen LogP contribution in [0.4, 0.5) is 14.5 Å². The summed E-state index contributed by atoms with van der Waals surface area (Å²) in [6, 6.07) is 18.3. The van der Waals surface area contributed by atoms with Crippen LogP contribution in [0.15, 0.2) is 79.3 Å². The topological polar surface area (TPSA) is 77.1 Å². The number of aryl methyl sites for hydroxylation is 1. The van der Waals surface area contributed by atoms with Gasteiger partial charge in [0.1, 0.15) is 11.3 Å². The summed E-state index contributed by atoms with van der Waals surface area (Å²) in [5.41, 5.74) is 3.53. The van der Waals surface area contributed by atoms with Crippen molar-refractivity contribution >= 4 is 17.2 Å². The van der Waals surface area contributed by atoms with Crippen LogP contribution >= 0.6 is 0 Å². The molecule has 5 aromatic rings. The van der Waals surface area contributed by atoms with Gasteiger partial charge in [-0.05, 0) is 18.6 Å². The molecular weight excluding hydrogens is 438 g/mol. The zero-order valence-electron chi connectivity index (χ0n) is 18.2. The van der Waals surface area contributed by atoms with E-state index in [1.165, 1.54) is 24.0 Å². The number of nitrogens with zero attached hydrogens (tertiary/aromatic N) is 5. The van der Waals surface area contributed by atoms with Crippen molar-refractivity contribution in [3.8, 4) is 11.3 Å². The molecule has 3 heterocycles. The Kier molecular flexibility index (Phi) is 5.59. The van der Waals surface area contributed by atoms with Gasteiger partial charge in [0, 0.05) is 11.8 Å². The molecule has 0 saturated carbocycles. The lowest BCUT2D eigenvalue weighted by atomic mass is 10.1. The standard InChI is InChI=1S/C25H20F2N6O/c1-16-7-9-17(10-8-16)14-32-15-19(12-28-32)30-25(34)20-13-29-33-22(23(26)27)11-21(31-24(20)33)18-5-3-2-4-6-18/h2-13,15,23H,14H2,1H3,(H,30,34). The molecule has 0 fully saturated rings. The van der Waals surface area contributed by atoms with Crippen molar-refractivity contribution < 1.29 is 13.6 Å². The van der Waals surface area contributed by atoms with Gasteiger partial charge < -0.3 is 5.32 Å². The Morgan fingerprint density at radius 3 is 2.53 bits per heavy atom. The predicted molar refractivity (Wildman–Crippen MR) is 124 cm³/mol. The van der Waals surface area contributed by atoms with Gasteiger partial charge in [-0.2, -0.15) is 10.2 Å². The smallest absolute Gasteiger partial charge is 0.280 e. The number of alkyl halides is 2. The summed E-state index contributed by atoms with van der Waals surface area (Å²) < 4.78 is 30.2. The van der Waals surface area contributed by atoms with Crippen molar-refractivity contribution in [1.82, 2.24) is 24.4 Å². The maximum atomic E-state index is 13.8. The Balaban J connectivity index is 1.43. The molecule has 0 aliphatic carbocycles. The van der Waals surface area contributed by atoms with Crippen LogP contribution in [0.1, 0.15) is 33.6 Å². The Bertz CT molecular complexity index is 1460. The van der Waals surface area contributed by atoms with E-state index in [9.17, 15) is 13.6 Å². The molecule has 0 aliphatic rings.